The summed E-state index contributed by atoms with van der Waals surface area (Å²) >= 11 is 1.29. The molecule has 5 nitrogen and oxygen atoms in total. The molecule has 0 aromatic carbocycles. The monoisotopic (exact) mass is 325 g/mol. The molecule has 0 saturated heterocycles. The fraction of sp³-hybridized carbons (Fsp3) is 0.357. The van der Waals surface area contributed by atoms with Crippen LogP contribution in [0.5, 0.6) is 0 Å². The van der Waals surface area contributed by atoms with Gasteiger partial charge in [0.1, 0.15) is 4.21 Å². The highest BCUT2D eigenvalue weighted by molar-refractivity contribution is 7.91. The maximum absolute atomic E-state index is 12.2. The Kier molecular flexibility index (Phi) is 5.86. The Hall–Kier alpha value is -1.28. The number of aromatic nitrogens is 1. The maximum Gasteiger partial charge on any atom is 0.250 e. The number of sulfonamides is 1. The molecule has 2 aromatic rings. The topological polar surface area (TPSA) is 71.1 Å². The summed E-state index contributed by atoms with van der Waals surface area (Å²) in [6.07, 6.45) is 2.70. The first-order valence-corrected chi connectivity index (χ1v) is 9.11. The van der Waals surface area contributed by atoms with Crippen LogP contribution in [-0.2, 0) is 23.1 Å². The summed E-state index contributed by atoms with van der Waals surface area (Å²) in [5.74, 6) is 0. The molecule has 0 saturated carbocycles. The third-order valence-electron chi connectivity index (χ3n) is 2.80. The number of thiophene rings is 1. The van der Waals surface area contributed by atoms with Crippen molar-refractivity contribution in [2.75, 3.05) is 6.54 Å². The normalized spacial score (nSPS) is 11.7. The fourth-order valence-corrected chi connectivity index (χ4v) is 4.10. The van der Waals surface area contributed by atoms with E-state index in [4.69, 9.17) is 0 Å². The van der Waals surface area contributed by atoms with Crippen LogP contribution in [0, 0.1) is 0 Å². The van der Waals surface area contributed by atoms with Crippen LogP contribution in [0.1, 0.15) is 23.9 Å². The molecular weight excluding hydrogens is 306 g/mol. The largest absolute Gasteiger partial charge is 0.312 e. The average molecular weight is 325 g/mol. The van der Waals surface area contributed by atoms with E-state index < -0.39 is 10.0 Å². The average Bonchev–Trinajstić information content (AvgIpc) is 2.96. The maximum atomic E-state index is 12.2. The van der Waals surface area contributed by atoms with Gasteiger partial charge in [0, 0.05) is 17.6 Å². The number of pyridine rings is 1. The van der Waals surface area contributed by atoms with Crippen LogP contribution in [-0.4, -0.2) is 19.9 Å². The predicted molar refractivity (Wildman–Crippen MR) is 84.6 cm³/mol. The molecule has 7 heteroatoms. The molecule has 2 heterocycles. The molecule has 0 aliphatic heterocycles. The second-order valence-electron chi connectivity index (χ2n) is 4.54. The predicted octanol–water partition coefficient (Wildman–Crippen LogP) is 2.12. The van der Waals surface area contributed by atoms with Gasteiger partial charge in [-0.2, -0.15) is 0 Å². The Balaban J connectivity index is 1.96. The molecule has 0 aliphatic rings. The van der Waals surface area contributed by atoms with Crippen molar-refractivity contribution in [3.63, 3.8) is 0 Å². The van der Waals surface area contributed by atoms with Gasteiger partial charge in [-0.15, -0.1) is 11.3 Å². The van der Waals surface area contributed by atoms with E-state index in [-0.39, 0.29) is 6.54 Å². The summed E-state index contributed by atoms with van der Waals surface area (Å²) in [7, 11) is -3.47. The first-order chi connectivity index (χ1) is 10.1. The Morgan fingerprint density at radius 3 is 2.76 bits per heavy atom. The van der Waals surface area contributed by atoms with Crippen LogP contribution in [0.15, 0.2) is 40.7 Å². The lowest BCUT2D eigenvalue weighted by molar-refractivity contribution is 0.582. The van der Waals surface area contributed by atoms with Crippen LogP contribution in [0.2, 0.25) is 0 Å². The highest BCUT2D eigenvalue weighted by Gasteiger charge is 2.16. The molecule has 0 aliphatic carbocycles. The van der Waals surface area contributed by atoms with Gasteiger partial charge in [-0.05, 0) is 37.2 Å². The van der Waals surface area contributed by atoms with E-state index >= 15 is 0 Å². The molecule has 2 rings (SSSR count). The molecule has 0 bridgehead atoms. The molecule has 0 spiro atoms. The van der Waals surface area contributed by atoms with Crippen molar-refractivity contribution in [1.82, 2.24) is 15.0 Å². The van der Waals surface area contributed by atoms with Gasteiger partial charge >= 0.3 is 0 Å². The van der Waals surface area contributed by atoms with Crippen LogP contribution in [0.25, 0.3) is 0 Å². The zero-order valence-electron chi connectivity index (χ0n) is 11.9. The minimum Gasteiger partial charge on any atom is -0.312 e. The number of nitrogens with one attached hydrogen (secondary N) is 2. The van der Waals surface area contributed by atoms with Gasteiger partial charge in [0.2, 0.25) is 10.0 Å². The number of hydrogen-bond acceptors (Lipinski definition) is 5. The quantitative estimate of drug-likeness (QED) is 0.729. The third-order valence-corrected chi connectivity index (χ3v) is 5.78. The van der Waals surface area contributed by atoms with E-state index in [1.807, 2.05) is 12.1 Å². The van der Waals surface area contributed by atoms with E-state index in [0.717, 1.165) is 17.8 Å². The van der Waals surface area contributed by atoms with Gasteiger partial charge in [0.05, 0.1) is 12.2 Å². The highest BCUT2D eigenvalue weighted by Crippen LogP contribution is 2.21. The molecule has 0 atom stereocenters. The van der Waals surface area contributed by atoms with Gasteiger partial charge in [-0.3, -0.25) is 4.98 Å². The minimum absolute atomic E-state index is 0.199. The summed E-state index contributed by atoms with van der Waals surface area (Å²) in [5, 5.41) is 3.26. The lowest BCUT2D eigenvalue weighted by Gasteiger charge is -2.04. The van der Waals surface area contributed by atoms with Crippen molar-refractivity contribution < 1.29 is 8.42 Å². The SMILES string of the molecule is CCCNCc1ccc(S(=O)(=O)NCc2ccccn2)s1. The summed E-state index contributed by atoms with van der Waals surface area (Å²) < 4.78 is 27.3. The Labute approximate surface area is 129 Å². The minimum atomic E-state index is -3.47. The fourth-order valence-electron chi connectivity index (χ4n) is 1.73. The van der Waals surface area contributed by atoms with Crippen LogP contribution >= 0.6 is 11.3 Å². The van der Waals surface area contributed by atoms with E-state index in [2.05, 4.69) is 21.9 Å². The Bertz CT molecular complexity index is 654. The van der Waals surface area contributed by atoms with Gasteiger partial charge in [-0.25, -0.2) is 13.1 Å². The molecule has 21 heavy (non-hydrogen) atoms. The third kappa shape index (κ3) is 4.89. The number of hydrogen-bond donors (Lipinski definition) is 2. The summed E-state index contributed by atoms with van der Waals surface area (Å²) in [5.41, 5.74) is 0.697. The van der Waals surface area contributed by atoms with Crippen LogP contribution in [0.3, 0.4) is 0 Å². The van der Waals surface area contributed by atoms with Gasteiger partial charge < -0.3 is 5.32 Å². The van der Waals surface area contributed by atoms with Crippen LogP contribution in [0.4, 0.5) is 0 Å². The molecule has 0 fully saturated rings. The number of nitrogens with zero attached hydrogens (tertiary/aromatic N) is 1. The molecule has 0 unspecified atom stereocenters. The summed E-state index contributed by atoms with van der Waals surface area (Å²) in [4.78, 5) is 5.11. The Morgan fingerprint density at radius 1 is 1.19 bits per heavy atom. The number of rotatable bonds is 8. The van der Waals surface area contributed by atoms with E-state index in [9.17, 15) is 8.42 Å². The van der Waals surface area contributed by atoms with E-state index in [0.29, 0.717) is 16.4 Å². The van der Waals surface area contributed by atoms with Crippen molar-refractivity contribution in [3.8, 4) is 0 Å². The first kappa shape index (κ1) is 16.1. The molecule has 0 amide bonds. The van der Waals surface area contributed by atoms with Crippen molar-refractivity contribution in [2.24, 2.45) is 0 Å². The van der Waals surface area contributed by atoms with Crippen molar-refractivity contribution >= 4 is 21.4 Å². The molecule has 114 valence electrons. The smallest absolute Gasteiger partial charge is 0.250 e. The van der Waals surface area contributed by atoms with E-state index in [1.54, 1.807) is 24.4 Å². The molecule has 0 radical (unpaired) electrons. The van der Waals surface area contributed by atoms with Crippen molar-refractivity contribution in [1.29, 1.82) is 0 Å². The second kappa shape index (κ2) is 7.65. The summed E-state index contributed by atoms with van der Waals surface area (Å²) in [6, 6.07) is 8.92. The zero-order valence-corrected chi connectivity index (χ0v) is 13.5. The summed E-state index contributed by atoms with van der Waals surface area (Å²) in [6.45, 7) is 3.93. The zero-order chi connectivity index (χ0) is 15.1. The van der Waals surface area contributed by atoms with Gasteiger partial charge in [0.15, 0.2) is 0 Å². The second-order valence-corrected chi connectivity index (χ2v) is 7.71. The van der Waals surface area contributed by atoms with Crippen molar-refractivity contribution in [2.45, 2.75) is 30.6 Å². The van der Waals surface area contributed by atoms with Crippen molar-refractivity contribution in [3.05, 3.63) is 47.1 Å². The van der Waals surface area contributed by atoms with Gasteiger partial charge in [-0.1, -0.05) is 13.0 Å². The first-order valence-electron chi connectivity index (χ1n) is 6.81. The standard InChI is InChI=1S/C14H19N3O2S2/c1-2-8-15-11-13-6-7-14(20-13)21(18,19)17-10-12-5-3-4-9-16-12/h3-7,9,15,17H,2,8,10-11H2,1H3. The van der Waals surface area contributed by atoms with Gasteiger partial charge in [0.25, 0.3) is 0 Å². The molecule has 2 N–H and O–H groups in total. The lowest BCUT2D eigenvalue weighted by Crippen LogP contribution is -2.22. The molecule has 2 aromatic heterocycles. The lowest BCUT2D eigenvalue weighted by atomic mass is 10.4. The molecular formula is C14H19N3O2S2. The highest BCUT2D eigenvalue weighted by atomic mass is 32.2. The Morgan fingerprint density at radius 2 is 2.05 bits per heavy atom. The van der Waals surface area contributed by atoms with Crippen LogP contribution < -0.4 is 10.0 Å². The van der Waals surface area contributed by atoms with E-state index in [1.165, 1.54) is 11.3 Å².